The zero-order chi connectivity index (χ0) is 18.8. The topological polar surface area (TPSA) is 80.2 Å². The number of carbonyl (C=O) groups is 2. The van der Waals surface area contributed by atoms with Crippen molar-refractivity contribution in [3.63, 3.8) is 0 Å². The Morgan fingerprint density at radius 2 is 1.93 bits per heavy atom. The van der Waals surface area contributed by atoms with E-state index in [1.165, 1.54) is 4.57 Å². The van der Waals surface area contributed by atoms with E-state index in [4.69, 9.17) is 0 Å². The highest BCUT2D eigenvalue weighted by molar-refractivity contribution is 5.94. The zero-order valence-electron chi connectivity index (χ0n) is 14.7. The fourth-order valence-electron chi connectivity index (χ4n) is 3.36. The molecule has 0 spiro atoms. The number of pyridine rings is 1. The lowest BCUT2D eigenvalue weighted by Gasteiger charge is -2.11. The Bertz CT molecular complexity index is 1100. The number of fused-ring (bicyclic) bond motifs is 2. The van der Waals surface area contributed by atoms with Crippen molar-refractivity contribution in [2.45, 2.75) is 25.8 Å². The molecule has 27 heavy (non-hydrogen) atoms. The lowest BCUT2D eigenvalue weighted by Crippen LogP contribution is -2.27. The Morgan fingerprint density at radius 1 is 1.07 bits per heavy atom. The first-order valence-corrected chi connectivity index (χ1v) is 8.91. The summed E-state index contributed by atoms with van der Waals surface area (Å²) in [4.78, 5) is 36.6. The van der Waals surface area contributed by atoms with E-state index in [1.54, 1.807) is 24.4 Å². The summed E-state index contributed by atoms with van der Waals surface area (Å²) in [6, 6.07) is 14.6. The summed E-state index contributed by atoms with van der Waals surface area (Å²) < 4.78 is 1.40. The molecule has 6 nitrogen and oxygen atoms in total. The molecule has 0 fully saturated rings. The van der Waals surface area contributed by atoms with E-state index in [-0.39, 0.29) is 23.9 Å². The lowest BCUT2D eigenvalue weighted by atomic mass is 10.1. The predicted molar refractivity (Wildman–Crippen MR) is 105 cm³/mol. The van der Waals surface area contributed by atoms with Crippen molar-refractivity contribution in [1.29, 1.82) is 0 Å². The Morgan fingerprint density at radius 3 is 2.81 bits per heavy atom. The standard InChI is InChI=1S/C21H19N3O3/c25-19-7-3-5-15-12-16(8-9-18(15)23-19)22-20(26)13-24-11-10-14-4-1-2-6-17(14)21(24)27/h1-2,4,6,8-12H,3,5,7,13H2,(H,22,26)(H,23,25). The largest absolute Gasteiger partial charge is 0.326 e. The maximum Gasteiger partial charge on any atom is 0.258 e. The molecule has 2 N–H and O–H groups in total. The van der Waals surface area contributed by atoms with Gasteiger partial charge in [-0.1, -0.05) is 18.2 Å². The molecule has 1 aliphatic rings. The van der Waals surface area contributed by atoms with Gasteiger partial charge in [0.1, 0.15) is 6.54 Å². The van der Waals surface area contributed by atoms with Crippen LogP contribution in [0.4, 0.5) is 11.4 Å². The highest BCUT2D eigenvalue weighted by Gasteiger charge is 2.14. The number of carbonyl (C=O) groups excluding carboxylic acids is 2. The van der Waals surface area contributed by atoms with Crippen LogP contribution in [0.2, 0.25) is 0 Å². The number of aryl methyl sites for hydroxylation is 1. The molecule has 0 atom stereocenters. The molecule has 2 heterocycles. The van der Waals surface area contributed by atoms with E-state index in [0.29, 0.717) is 17.5 Å². The van der Waals surface area contributed by atoms with Gasteiger partial charge in [-0.25, -0.2) is 0 Å². The van der Waals surface area contributed by atoms with Crippen LogP contribution in [0, 0.1) is 0 Å². The fourth-order valence-corrected chi connectivity index (χ4v) is 3.36. The number of rotatable bonds is 3. The summed E-state index contributed by atoms with van der Waals surface area (Å²) in [7, 11) is 0. The molecule has 1 aromatic heterocycles. The minimum Gasteiger partial charge on any atom is -0.326 e. The maximum absolute atomic E-state index is 12.5. The molecule has 1 aliphatic heterocycles. The third-order valence-corrected chi connectivity index (χ3v) is 4.71. The van der Waals surface area contributed by atoms with Gasteiger partial charge in [-0.3, -0.25) is 14.4 Å². The fraction of sp³-hybridized carbons (Fsp3) is 0.190. The second-order valence-electron chi connectivity index (χ2n) is 6.66. The van der Waals surface area contributed by atoms with E-state index in [0.717, 1.165) is 29.5 Å². The summed E-state index contributed by atoms with van der Waals surface area (Å²) in [6.45, 7) is -0.0580. The van der Waals surface area contributed by atoms with Crippen molar-refractivity contribution in [3.8, 4) is 0 Å². The smallest absolute Gasteiger partial charge is 0.258 e. The van der Waals surface area contributed by atoms with Crippen LogP contribution in [0.5, 0.6) is 0 Å². The van der Waals surface area contributed by atoms with E-state index < -0.39 is 0 Å². The highest BCUT2D eigenvalue weighted by Crippen LogP contribution is 2.25. The minimum absolute atomic E-state index is 0.0150. The van der Waals surface area contributed by atoms with E-state index in [2.05, 4.69) is 10.6 Å². The zero-order valence-corrected chi connectivity index (χ0v) is 14.7. The number of amides is 2. The average Bonchev–Trinajstić information content (AvgIpc) is 2.84. The number of hydrogen-bond donors (Lipinski definition) is 2. The number of nitrogens with zero attached hydrogens (tertiary/aromatic N) is 1. The van der Waals surface area contributed by atoms with Gasteiger partial charge in [0.05, 0.1) is 0 Å². The second kappa shape index (κ2) is 7.07. The Balaban J connectivity index is 1.52. The van der Waals surface area contributed by atoms with Gasteiger partial charge >= 0.3 is 0 Å². The molecule has 3 aromatic rings. The van der Waals surface area contributed by atoms with Gasteiger partial charge in [0.15, 0.2) is 0 Å². The van der Waals surface area contributed by atoms with Gasteiger partial charge < -0.3 is 15.2 Å². The summed E-state index contributed by atoms with van der Waals surface area (Å²) in [6.07, 6.45) is 3.70. The first-order valence-electron chi connectivity index (χ1n) is 8.91. The molecular formula is C21H19N3O3. The normalized spacial score (nSPS) is 13.6. The van der Waals surface area contributed by atoms with Crippen molar-refractivity contribution < 1.29 is 9.59 Å². The van der Waals surface area contributed by atoms with Crippen LogP contribution in [-0.4, -0.2) is 16.4 Å². The second-order valence-corrected chi connectivity index (χ2v) is 6.66. The third-order valence-electron chi connectivity index (χ3n) is 4.71. The van der Waals surface area contributed by atoms with Crippen LogP contribution >= 0.6 is 0 Å². The molecule has 0 radical (unpaired) electrons. The maximum atomic E-state index is 12.5. The van der Waals surface area contributed by atoms with Crippen molar-refractivity contribution in [2.24, 2.45) is 0 Å². The summed E-state index contributed by atoms with van der Waals surface area (Å²) in [5.74, 6) is -0.258. The SMILES string of the molecule is O=C(Cn1ccc2ccccc2c1=O)Nc1ccc2c(c1)CCCC(=O)N2. The van der Waals surface area contributed by atoms with Crippen molar-refractivity contribution in [1.82, 2.24) is 4.57 Å². The van der Waals surface area contributed by atoms with E-state index in [1.807, 2.05) is 30.3 Å². The van der Waals surface area contributed by atoms with Crippen LogP contribution in [0.1, 0.15) is 18.4 Å². The third kappa shape index (κ3) is 3.60. The van der Waals surface area contributed by atoms with Gasteiger partial charge in [-0.05, 0) is 54.1 Å². The molecule has 136 valence electrons. The van der Waals surface area contributed by atoms with Crippen molar-refractivity contribution >= 4 is 34.0 Å². The molecule has 2 aromatic carbocycles. The quantitative estimate of drug-likeness (QED) is 0.753. The number of benzene rings is 2. The van der Waals surface area contributed by atoms with Crippen LogP contribution in [0.25, 0.3) is 10.8 Å². The van der Waals surface area contributed by atoms with Gasteiger partial charge in [0, 0.05) is 29.4 Å². The molecule has 4 rings (SSSR count). The Hall–Kier alpha value is -3.41. The van der Waals surface area contributed by atoms with Crippen LogP contribution in [0.15, 0.2) is 59.5 Å². The van der Waals surface area contributed by atoms with E-state index >= 15 is 0 Å². The molecular weight excluding hydrogens is 342 g/mol. The first-order chi connectivity index (χ1) is 13.1. The summed E-state index contributed by atoms with van der Waals surface area (Å²) >= 11 is 0. The lowest BCUT2D eigenvalue weighted by molar-refractivity contribution is -0.117. The predicted octanol–water partition coefficient (Wildman–Crippen LogP) is 2.92. The Kier molecular flexibility index (Phi) is 4.46. The summed E-state index contributed by atoms with van der Waals surface area (Å²) in [5, 5.41) is 7.15. The van der Waals surface area contributed by atoms with Gasteiger partial charge in [0.25, 0.3) is 5.56 Å². The summed E-state index contributed by atoms with van der Waals surface area (Å²) in [5.41, 5.74) is 2.26. The molecule has 0 bridgehead atoms. The molecule has 0 saturated heterocycles. The number of aromatic nitrogens is 1. The highest BCUT2D eigenvalue weighted by atomic mass is 16.2. The molecule has 6 heteroatoms. The van der Waals surface area contributed by atoms with Crippen LogP contribution < -0.4 is 16.2 Å². The van der Waals surface area contributed by atoms with Crippen LogP contribution in [0.3, 0.4) is 0 Å². The first kappa shape index (κ1) is 17.0. The molecule has 0 aliphatic carbocycles. The molecule has 0 saturated carbocycles. The van der Waals surface area contributed by atoms with Crippen LogP contribution in [-0.2, 0) is 22.6 Å². The monoisotopic (exact) mass is 361 g/mol. The number of anilines is 2. The van der Waals surface area contributed by atoms with Crippen molar-refractivity contribution in [2.75, 3.05) is 10.6 Å². The number of hydrogen-bond acceptors (Lipinski definition) is 3. The Labute approximate surface area is 155 Å². The van der Waals surface area contributed by atoms with Gasteiger partial charge in [0.2, 0.25) is 11.8 Å². The number of nitrogens with one attached hydrogen (secondary N) is 2. The van der Waals surface area contributed by atoms with Gasteiger partial charge in [-0.2, -0.15) is 0 Å². The molecule has 2 amide bonds. The average molecular weight is 361 g/mol. The van der Waals surface area contributed by atoms with E-state index in [9.17, 15) is 14.4 Å². The minimum atomic E-state index is -0.273. The molecule has 0 unspecified atom stereocenters. The van der Waals surface area contributed by atoms with Gasteiger partial charge in [-0.15, -0.1) is 0 Å². The van der Waals surface area contributed by atoms with Crippen molar-refractivity contribution in [3.05, 3.63) is 70.6 Å².